The number of halogens is 1. The van der Waals surface area contributed by atoms with Crippen LogP contribution in [0.3, 0.4) is 0 Å². The average Bonchev–Trinajstić information content (AvgIpc) is 2.46. The van der Waals surface area contributed by atoms with E-state index < -0.39 is 10.0 Å². The van der Waals surface area contributed by atoms with Crippen LogP contribution in [-0.2, 0) is 15.9 Å². The van der Waals surface area contributed by atoms with Gasteiger partial charge in [0.05, 0.1) is 4.90 Å². The highest BCUT2D eigenvalue weighted by Crippen LogP contribution is 2.25. The number of sulfonamides is 1. The van der Waals surface area contributed by atoms with Gasteiger partial charge in [-0.2, -0.15) is 4.31 Å². The lowest BCUT2D eigenvalue weighted by Gasteiger charge is -2.35. The molecule has 1 fully saturated rings. The van der Waals surface area contributed by atoms with Gasteiger partial charge in [-0.15, -0.1) is 11.6 Å². The van der Waals surface area contributed by atoms with Crippen LogP contribution in [0.4, 0.5) is 0 Å². The summed E-state index contributed by atoms with van der Waals surface area (Å²) in [5.74, 6) is 0.202. The highest BCUT2D eigenvalue weighted by atomic mass is 35.5. The number of alkyl halides is 1. The molecule has 1 atom stereocenters. The highest BCUT2D eigenvalue weighted by Gasteiger charge is 2.31. The van der Waals surface area contributed by atoms with Crippen molar-refractivity contribution >= 4 is 21.6 Å². The Morgan fingerprint density at radius 1 is 1.40 bits per heavy atom. The number of piperidine rings is 1. The van der Waals surface area contributed by atoms with Gasteiger partial charge >= 0.3 is 0 Å². The smallest absolute Gasteiger partial charge is 0.243 e. The van der Waals surface area contributed by atoms with Crippen molar-refractivity contribution in [1.82, 2.24) is 9.21 Å². The number of nitrogens with zero attached hydrogens (tertiary/aromatic N) is 2. The predicted octanol–water partition coefficient (Wildman–Crippen LogP) is 2.14. The van der Waals surface area contributed by atoms with Crippen molar-refractivity contribution in [2.75, 3.05) is 27.2 Å². The van der Waals surface area contributed by atoms with Crippen molar-refractivity contribution in [3.8, 4) is 0 Å². The Kier molecular flexibility index (Phi) is 5.07. The molecule has 0 aromatic heterocycles. The lowest BCUT2D eigenvalue weighted by molar-refractivity contribution is 0.187. The second kappa shape index (κ2) is 6.43. The van der Waals surface area contributed by atoms with Gasteiger partial charge in [-0.05, 0) is 38.1 Å². The third-order valence-corrected chi connectivity index (χ3v) is 6.19. The molecule has 1 aromatic rings. The third-order valence-electron chi connectivity index (χ3n) is 3.89. The van der Waals surface area contributed by atoms with E-state index in [9.17, 15) is 8.42 Å². The molecular formula is C14H21ClN2O2S. The molecule has 1 saturated heterocycles. The second-order valence-corrected chi connectivity index (χ2v) is 7.55. The van der Waals surface area contributed by atoms with E-state index in [1.165, 1.54) is 4.31 Å². The molecule has 1 aliphatic heterocycles. The van der Waals surface area contributed by atoms with Gasteiger partial charge in [0.2, 0.25) is 10.0 Å². The van der Waals surface area contributed by atoms with Crippen LogP contribution in [0.25, 0.3) is 0 Å². The summed E-state index contributed by atoms with van der Waals surface area (Å²) in [6, 6.07) is 6.98. The van der Waals surface area contributed by atoms with E-state index in [1.807, 2.05) is 13.1 Å². The maximum atomic E-state index is 12.8. The molecule has 6 heteroatoms. The van der Waals surface area contributed by atoms with Gasteiger partial charge in [0.25, 0.3) is 0 Å². The van der Waals surface area contributed by atoms with Gasteiger partial charge in [-0.3, -0.25) is 0 Å². The van der Waals surface area contributed by atoms with Crippen LogP contribution < -0.4 is 0 Å². The molecule has 0 saturated carbocycles. The summed E-state index contributed by atoms with van der Waals surface area (Å²) in [5.41, 5.74) is 0.658. The van der Waals surface area contributed by atoms with Crippen molar-refractivity contribution in [2.24, 2.45) is 0 Å². The zero-order valence-corrected chi connectivity index (χ0v) is 13.5. The lowest BCUT2D eigenvalue weighted by Crippen LogP contribution is -2.47. The molecule has 1 aromatic carbocycles. The predicted molar refractivity (Wildman–Crippen MR) is 81.5 cm³/mol. The zero-order valence-electron chi connectivity index (χ0n) is 11.9. The Hall–Kier alpha value is -0.620. The van der Waals surface area contributed by atoms with Crippen LogP contribution in [0.15, 0.2) is 29.2 Å². The van der Waals surface area contributed by atoms with Crippen LogP contribution in [-0.4, -0.2) is 50.8 Å². The summed E-state index contributed by atoms with van der Waals surface area (Å²) in [5, 5.41) is 0. The van der Waals surface area contributed by atoms with E-state index in [0.29, 0.717) is 10.5 Å². The first kappa shape index (κ1) is 15.8. The molecule has 2 rings (SSSR count). The fraction of sp³-hybridized carbons (Fsp3) is 0.571. The molecule has 0 aliphatic carbocycles. The fourth-order valence-corrected chi connectivity index (χ4v) is 4.56. The number of hydrogen-bond acceptors (Lipinski definition) is 3. The molecule has 112 valence electrons. The van der Waals surface area contributed by atoms with E-state index in [2.05, 4.69) is 4.90 Å². The molecule has 0 N–H and O–H groups in total. The summed E-state index contributed by atoms with van der Waals surface area (Å²) >= 11 is 5.86. The first-order chi connectivity index (χ1) is 9.46. The van der Waals surface area contributed by atoms with Gasteiger partial charge < -0.3 is 4.90 Å². The van der Waals surface area contributed by atoms with Gasteiger partial charge in [0.1, 0.15) is 0 Å². The number of benzene rings is 1. The number of hydrogen-bond donors (Lipinski definition) is 0. The number of likely N-dealkylation sites (tertiary alicyclic amines) is 1. The molecule has 20 heavy (non-hydrogen) atoms. The van der Waals surface area contributed by atoms with Crippen molar-refractivity contribution < 1.29 is 8.42 Å². The summed E-state index contributed by atoms with van der Waals surface area (Å²) in [4.78, 5) is 2.50. The lowest BCUT2D eigenvalue weighted by atomic mass is 10.1. The van der Waals surface area contributed by atoms with Crippen LogP contribution >= 0.6 is 11.6 Å². The Labute approximate surface area is 126 Å². The molecule has 0 bridgehead atoms. The topological polar surface area (TPSA) is 40.6 Å². The van der Waals surface area contributed by atoms with Crippen molar-refractivity contribution in [2.45, 2.75) is 29.7 Å². The standard InChI is InChI=1S/C14H21ClN2O2S/c1-16-9-5-7-13(11-16)17(2)20(18,19)14-8-4-3-6-12(14)10-15/h3-4,6,8,13H,5,7,9-11H2,1-2H3. The molecule has 1 unspecified atom stereocenters. The number of rotatable bonds is 4. The zero-order chi connectivity index (χ0) is 14.8. The van der Waals surface area contributed by atoms with Crippen molar-refractivity contribution in [3.63, 3.8) is 0 Å². The summed E-state index contributed by atoms with van der Waals surface area (Å²) in [6.07, 6.45) is 1.93. The Balaban J connectivity index is 2.29. The van der Waals surface area contributed by atoms with Crippen LogP contribution in [0.1, 0.15) is 18.4 Å². The fourth-order valence-electron chi connectivity index (χ4n) is 2.65. The average molecular weight is 317 g/mol. The van der Waals surface area contributed by atoms with Gasteiger partial charge in [-0.1, -0.05) is 18.2 Å². The Morgan fingerprint density at radius 2 is 2.10 bits per heavy atom. The van der Waals surface area contributed by atoms with Gasteiger partial charge in [0, 0.05) is 25.5 Å². The van der Waals surface area contributed by atoms with E-state index in [1.54, 1.807) is 25.2 Å². The molecule has 0 radical (unpaired) electrons. The SMILES string of the molecule is CN1CCCC(N(C)S(=O)(=O)c2ccccc2CCl)C1. The summed E-state index contributed by atoms with van der Waals surface area (Å²) in [6.45, 7) is 1.81. The maximum absolute atomic E-state index is 12.8. The van der Waals surface area contributed by atoms with Crippen LogP contribution in [0.2, 0.25) is 0 Å². The minimum Gasteiger partial charge on any atom is -0.305 e. The molecule has 0 amide bonds. The van der Waals surface area contributed by atoms with E-state index >= 15 is 0 Å². The van der Waals surface area contributed by atoms with Crippen LogP contribution in [0.5, 0.6) is 0 Å². The molecule has 4 nitrogen and oxygen atoms in total. The number of likely N-dealkylation sites (N-methyl/N-ethyl adjacent to an activating group) is 2. The van der Waals surface area contributed by atoms with Gasteiger partial charge in [0.15, 0.2) is 0 Å². The van der Waals surface area contributed by atoms with E-state index in [4.69, 9.17) is 11.6 Å². The minimum absolute atomic E-state index is 0.0298. The first-order valence-electron chi connectivity index (χ1n) is 6.77. The molecule has 0 spiro atoms. The van der Waals surface area contributed by atoms with E-state index in [-0.39, 0.29) is 11.9 Å². The monoisotopic (exact) mass is 316 g/mol. The molecule has 1 heterocycles. The Bertz CT molecular complexity index is 562. The first-order valence-corrected chi connectivity index (χ1v) is 8.74. The quantitative estimate of drug-likeness (QED) is 0.799. The van der Waals surface area contributed by atoms with Crippen molar-refractivity contribution in [3.05, 3.63) is 29.8 Å². The minimum atomic E-state index is -3.48. The Morgan fingerprint density at radius 3 is 2.75 bits per heavy atom. The third kappa shape index (κ3) is 3.17. The van der Waals surface area contributed by atoms with Crippen molar-refractivity contribution in [1.29, 1.82) is 0 Å². The van der Waals surface area contributed by atoms with E-state index in [0.717, 1.165) is 25.9 Å². The normalized spacial score (nSPS) is 21.3. The maximum Gasteiger partial charge on any atom is 0.243 e. The van der Waals surface area contributed by atoms with Gasteiger partial charge in [-0.25, -0.2) is 8.42 Å². The molecule has 1 aliphatic rings. The largest absolute Gasteiger partial charge is 0.305 e. The second-order valence-electron chi connectivity index (χ2n) is 5.32. The van der Waals surface area contributed by atoms with Crippen LogP contribution in [0, 0.1) is 0 Å². The molecular weight excluding hydrogens is 296 g/mol. The highest BCUT2D eigenvalue weighted by molar-refractivity contribution is 7.89. The summed E-state index contributed by atoms with van der Waals surface area (Å²) < 4.78 is 27.0. The summed E-state index contributed by atoms with van der Waals surface area (Å²) in [7, 11) is 0.215.